The van der Waals surface area contributed by atoms with E-state index in [9.17, 15) is 9.59 Å². The smallest absolute Gasteiger partial charge is 0.393 e. The van der Waals surface area contributed by atoms with Gasteiger partial charge in [0.1, 0.15) is 9.04 Å². The molecule has 128 valence electrons. The molecule has 0 bridgehead atoms. The Bertz CT molecular complexity index is 346. The Morgan fingerprint density at radius 3 is 2.23 bits per heavy atom. The van der Waals surface area contributed by atoms with Gasteiger partial charge in [-0.15, -0.1) is 0 Å². The molecule has 0 aromatic heterocycles. The molecule has 0 saturated carbocycles. The predicted octanol–water partition coefficient (Wildman–Crippen LogP) is 1.38. The summed E-state index contributed by atoms with van der Waals surface area (Å²) in [5, 5.41) is 0. The molecule has 0 spiro atoms. The average Bonchev–Trinajstić information content (AvgIpc) is 2.46. The monoisotopic (exact) mass is 348 g/mol. The number of ether oxygens (including phenoxy) is 1. The molecule has 0 amide bonds. The van der Waals surface area contributed by atoms with Gasteiger partial charge in [0.2, 0.25) is 0 Å². The van der Waals surface area contributed by atoms with Gasteiger partial charge in [-0.05, 0) is 33.6 Å². The van der Waals surface area contributed by atoms with E-state index < -0.39 is 23.3 Å². The summed E-state index contributed by atoms with van der Waals surface area (Å²) in [6.45, 7) is 7.71. The molecular formula is C14H28O6Si2. The number of hydrogen-bond donors (Lipinski definition) is 0. The molecule has 0 aliphatic carbocycles. The van der Waals surface area contributed by atoms with E-state index in [0.29, 0.717) is 32.7 Å². The average molecular weight is 349 g/mol. The second kappa shape index (κ2) is 10.3. The van der Waals surface area contributed by atoms with Crippen LogP contribution in [0.3, 0.4) is 0 Å². The molecule has 1 atom stereocenters. The van der Waals surface area contributed by atoms with Gasteiger partial charge in [-0.25, -0.2) is 0 Å². The minimum atomic E-state index is -2.44. The Morgan fingerprint density at radius 1 is 1.14 bits per heavy atom. The molecule has 1 fully saturated rings. The lowest BCUT2D eigenvalue weighted by Crippen LogP contribution is -2.52. The summed E-state index contributed by atoms with van der Waals surface area (Å²) in [4.78, 5) is 22.6. The van der Waals surface area contributed by atoms with Crippen molar-refractivity contribution in [3.05, 3.63) is 0 Å². The molecule has 22 heavy (non-hydrogen) atoms. The van der Waals surface area contributed by atoms with Crippen LogP contribution in [0, 0.1) is 5.92 Å². The van der Waals surface area contributed by atoms with E-state index in [1.54, 1.807) is 0 Å². The van der Waals surface area contributed by atoms with Crippen molar-refractivity contribution in [3.8, 4) is 0 Å². The van der Waals surface area contributed by atoms with Crippen molar-refractivity contribution in [1.29, 1.82) is 0 Å². The van der Waals surface area contributed by atoms with Crippen LogP contribution in [0.15, 0.2) is 0 Å². The third-order valence-corrected chi connectivity index (χ3v) is 12.0. The number of cyclic esters (lactones) is 2. The molecule has 1 rings (SSSR count). The first-order chi connectivity index (χ1) is 10.6. The Morgan fingerprint density at radius 2 is 1.73 bits per heavy atom. The van der Waals surface area contributed by atoms with Crippen LogP contribution in [0.1, 0.15) is 46.5 Å². The van der Waals surface area contributed by atoms with E-state index in [2.05, 4.69) is 4.74 Å². The highest BCUT2D eigenvalue weighted by molar-refractivity contribution is 7.14. The molecule has 6 nitrogen and oxygen atoms in total. The van der Waals surface area contributed by atoms with Crippen molar-refractivity contribution in [3.63, 3.8) is 0 Å². The molecule has 0 radical (unpaired) electrons. The maximum absolute atomic E-state index is 11.6. The van der Waals surface area contributed by atoms with Crippen molar-refractivity contribution in [2.45, 2.75) is 52.5 Å². The Hall–Kier alpha value is -0.546. The molecule has 1 aliphatic heterocycles. The fourth-order valence-electron chi connectivity index (χ4n) is 2.65. The minimum Gasteiger partial charge on any atom is -0.393 e. The molecular weight excluding hydrogens is 320 g/mol. The first-order valence-electron chi connectivity index (χ1n) is 8.23. The standard InChI is InChI=1S/C14H28O6Si2/c1-4-17-22(18-5-2,19-6-3)21-11-7-8-12-9-10-13(15)20-14(12)16/h12H,4-11,21H2,1-3H3. The van der Waals surface area contributed by atoms with Gasteiger partial charge in [-0.2, -0.15) is 0 Å². The number of carbonyl (C=O) groups excluding carboxylic acids is 2. The maximum atomic E-state index is 11.6. The maximum Gasteiger partial charge on any atom is 0.462 e. The number of esters is 2. The molecule has 1 aliphatic rings. The molecule has 0 aromatic carbocycles. The van der Waals surface area contributed by atoms with E-state index >= 15 is 0 Å². The van der Waals surface area contributed by atoms with Crippen LogP contribution in [0.5, 0.6) is 0 Å². The van der Waals surface area contributed by atoms with Gasteiger partial charge in [0.05, 0.1) is 5.92 Å². The molecule has 1 saturated heterocycles. The van der Waals surface area contributed by atoms with E-state index in [0.717, 1.165) is 18.9 Å². The van der Waals surface area contributed by atoms with Gasteiger partial charge in [-0.3, -0.25) is 9.59 Å². The van der Waals surface area contributed by atoms with Gasteiger partial charge < -0.3 is 18.0 Å². The van der Waals surface area contributed by atoms with Crippen LogP contribution >= 0.6 is 0 Å². The quantitative estimate of drug-likeness (QED) is 0.243. The fourth-order valence-corrected chi connectivity index (χ4v) is 10.8. The zero-order valence-corrected chi connectivity index (χ0v) is 16.3. The lowest BCUT2D eigenvalue weighted by Gasteiger charge is -2.29. The number of carbonyl (C=O) groups is 2. The third kappa shape index (κ3) is 6.29. The van der Waals surface area contributed by atoms with E-state index in [-0.39, 0.29) is 11.9 Å². The van der Waals surface area contributed by atoms with Crippen LogP contribution in [-0.4, -0.2) is 49.1 Å². The topological polar surface area (TPSA) is 71.1 Å². The first-order valence-corrected chi connectivity index (χ1v) is 13.3. The summed E-state index contributed by atoms with van der Waals surface area (Å²) in [7, 11) is -3.08. The highest BCUT2D eigenvalue weighted by Crippen LogP contribution is 2.22. The summed E-state index contributed by atoms with van der Waals surface area (Å²) in [5.41, 5.74) is 0. The second-order valence-electron chi connectivity index (χ2n) is 5.26. The molecule has 1 heterocycles. The largest absolute Gasteiger partial charge is 0.462 e. The highest BCUT2D eigenvalue weighted by Gasteiger charge is 2.39. The van der Waals surface area contributed by atoms with Crippen molar-refractivity contribution in [2.24, 2.45) is 5.92 Å². The summed E-state index contributed by atoms with van der Waals surface area (Å²) in [6.07, 6.45) is 2.67. The Balaban J connectivity index is 2.38. The summed E-state index contributed by atoms with van der Waals surface area (Å²) in [6, 6.07) is 1.02. The number of rotatable bonds is 11. The van der Waals surface area contributed by atoms with Crippen LogP contribution < -0.4 is 0 Å². The second-order valence-corrected chi connectivity index (χ2v) is 12.8. The summed E-state index contributed by atoms with van der Waals surface area (Å²) < 4.78 is 22.3. The lowest BCUT2D eigenvalue weighted by atomic mass is 9.96. The van der Waals surface area contributed by atoms with Gasteiger partial charge >= 0.3 is 20.3 Å². The predicted molar refractivity (Wildman–Crippen MR) is 87.0 cm³/mol. The fraction of sp³-hybridized carbons (Fsp3) is 0.857. The first kappa shape index (κ1) is 19.5. The van der Waals surface area contributed by atoms with Gasteiger partial charge in [0, 0.05) is 26.2 Å². The summed E-state index contributed by atoms with van der Waals surface area (Å²) in [5.74, 6) is -0.888. The zero-order chi connectivity index (χ0) is 16.4. The van der Waals surface area contributed by atoms with Gasteiger partial charge in [0.15, 0.2) is 0 Å². The molecule has 0 aromatic rings. The van der Waals surface area contributed by atoms with Crippen LogP contribution in [0.2, 0.25) is 6.04 Å². The number of hydrogen-bond acceptors (Lipinski definition) is 6. The summed E-state index contributed by atoms with van der Waals surface area (Å²) >= 11 is 0. The lowest BCUT2D eigenvalue weighted by molar-refractivity contribution is -0.167. The SMILES string of the molecule is CCO[Si](OCC)(OCC)[SiH2]CCCC1CCC(=O)OC1=O. The molecule has 1 unspecified atom stereocenters. The van der Waals surface area contributed by atoms with Gasteiger partial charge in [-0.1, -0.05) is 12.5 Å². The third-order valence-electron chi connectivity index (χ3n) is 3.62. The van der Waals surface area contributed by atoms with E-state index in [1.807, 2.05) is 20.8 Å². The normalized spacial score (nSPS) is 19.9. The van der Waals surface area contributed by atoms with Crippen molar-refractivity contribution >= 4 is 29.3 Å². The minimum absolute atomic E-state index is 0.131. The van der Waals surface area contributed by atoms with Crippen LogP contribution in [0.4, 0.5) is 0 Å². The van der Waals surface area contributed by atoms with Crippen LogP contribution in [-0.2, 0) is 27.6 Å². The van der Waals surface area contributed by atoms with Crippen molar-refractivity contribution < 1.29 is 27.6 Å². The van der Waals surface area contributed by atoms with Crippen molar-refractivity contribution in [2.75, 3.05) is 19.8 Å². The van der Waals surface area contributed by atoms with Crippen LogP contribution in [0.25, 0.3) is 0 Å². The Kier molecular flexibility index (Phi) is 9.10. The zero-order valence-electron chi connectivity index (χ0n) is 13.9. The molecule has 8 heteroatoms. The Labute approximate surface area is 135 Å². The highest BCUT2D eigenvalue weighted by atomic mass is 29.2. The molecule has 0 N–H and O–H groups in total. The van der Waals surface area contributed by atoms with E-state index in [1.165, 1.54) is 0 Å². The van der Waals surface area contributed by atoms with Crippen molar-refractivity contribution in [1.82, 2.24) is 0 Å². The van der Waals surface area contributed by atoms with Gasteiger partial charge in [0.25, 0.3) is 0 Å². The van der Waals surface area contributed by atoms with E-state index in [4.69, 9.17) is 13.3 Å².